The van der Waals surface area contributed by atoms with E-state index in [0.29, 0.717) is 0 Å². The van der Waals surface area contributed by atoms with Crippen LogP contribution >= 0.6 is 15.9 Å². The molecule has 0 saturated heterocycles. The Morgan fingerprint density at radius 2 is 2.13 bits per heavy atom. The summed E-state index contributed by atoms with van der Waals surface area (Å²) >= 11 is 3.33. The highest BCUT2D eigenvalue weighted by Crippen LogP contribution is 2.18. The van der Waals surface area contributed by atoms with Crippen LogP contribution in [-0.4, -0.2) is 10.3 Å². The lowest BCUT2D eigenvalue weighted by molar-refractivity contribution is 0.420. The Kier molecular flexibility index (Phi) is 3.14. The van der Waals surface area contributed by atoms with Gasteiger partial charge in [-0.15, -0.1) is 0 Å². The maximum atomic E-state index is 4.92. The number of benzene rings is 1. The van der Waals surface area contributed by atoms with Gasteiger partial charge in [-0.2, -0.15) is 0 Å². The molecule has 0 spiro atoms. The first-order valence-corrected chi connectivity index (χ1v) is 5.00. The molecule has 3 rings (SSSR count). The Morgan fingerprint density at radius 1 is 1.20 bits per heavy atom. The summed E-state index contributed by atoms with van der Waals surface area (Å²) in [5.41, 5.74) is 0.814. The summed E-state index contributed by atoms with van der Waals surface area (Å²) in [7, 11) is 0. The second kappa shape index (κ2) is 4.75. The summed E-state index contributed by atoms with van der Waals surface area (Å²) in [4.78, 5) is 0. The molecular weight excluding hydrogens is 260 g/mol. The van der Waals surface area contributed by atoms with Crippen molar-refractivity contribution in [2.45, 2.75) is 0 Å². The molecule has 1 aromatic carbocycles. The van der Waals surface area contributed by atoms with Crippen LogP contribution in [0.25, 0.3) is 11.0 Å². The molecule has 0 unspecified atom stereocenters. The van der Waals surface area contributed by atoms with E-state index in [1.54, 1.807) is 18.5 Å². The smallest absolute Gasteiger partial charge is 0.167 e. The predicted octanol–water partition coefficient (Wildman–Crippen LogP) is 3.26. The van der Waals surface area contributed by atoms with Gasteiger partial charge in [0.15, 0.2) is 5.58 Å². The molecule has 5 heteroatoms. The van der Waals surface area contributed by atoms with Crippen molar-refractivity contribution in [3.8, 4) is 0 Å². The first-order valence-electron chi connectivity index (χ1n) is 4.20. The van der Waals surface area contributed by atoms with Gasteiger partial charge in [0.2, 0.25) is 0 Å². The second-order valence-corrected chi connectivity index (χ2v) is 3.61. The SMILES string of the molecule is Brc1ccc2cnoc2c1.c1cnoc1. The number of rotatable bonds is 0. The molecule has 0 N–H and O–H groups in total. The Morgan fingerprint density at radius 3 is 2.80 bits per heavy atom. The molecule has 3 aromatic rings. The summed E-state index contributed by atoms with van der Waals surface area (Å²) in [6.45, 7) is 0. The molecular formula is C10H7BrN2O2. The Labute approximate surface area is 94.0 Å². The van der Waals surface area contributed by atoms with Gasteiger partial charge < -0.3 is 9.05 Å². The zero-order valence-corrected chi connectivity index (χ0v) is 9.22. The highest BCUT2D eigenvalue weighted by Gasteiger charge is 1.96. The van der Waals surface area contributed by atoms with Crippen molar-refractivity contribution in [3.63, 3.8) is 0 Å². The molecule has 0 aliphatic heterocycles. The molecule has 0 bridgehead atoms. The Bertz CT molecular complexity index is 502. The zero-order chi connectivity index (χ0) is 10.5. The van der Waals surface area contributed by atoms with Gasteiger partial charge in [-0.3, -0.25) is 0 Å². The van der Waals surface area contributed by atoms with Gasteiger partial charge in [-0.05, 0) is 24.3 Å². The third kappa shape index (κ3) is 2.66. The quantitative estimate of drug-likeness (QED) is 0.627. The van der Waals surface area contributed by atoms with Crippen LogP contribution in [0.2, 0.25) is 0 Å². The molecule has 0 fully saturated rings. The molecule has 0 amide bonds. The minimum absolute atomic E-state index is 0.814. The second-order valence-electron chi connectivity index (χ2n) is 2.70. The summed E-state index contributed by atoms with van der Waals surface area (Å²) in [5.74, 6) is 0. The fourth-order valence-corrected chi connectivity index (χ4v) is 1.35. The van der Waals surface area contributed by atoms with Crippen LogP contribution in [0.1, 0.15) is 0 Å². The number of hydrogen-bond donors (Lipinski definition) is 0. The van der Waals surface area contributed by atoms with Crippen molar-refractivity contribution in [2.24, 2.45) is 0 Å². The lowest BCUT2D eigenvalue weighted by Crippen LogP contribution is -1.62. The Balaban J connectivity index is 0.000000144. The van der Waals surface area contributed by atoms with Gasteiger partial charge in [-0.1, -0.05) is 26.2 Å². The zero-order valence-electron chi connectivity index (χ0n) is 7.63. The van der Waals surface area contributed by atoms with Gasteiger partial charge in [0, 0.05) is 9.86 Å². The van der Waals surface area contributed by atoms with Crippen molar-refractivity contribution in [1.29, 1.82) is 0 Å². The summed E-state index contributed by atoms with van der Waals surface area (Å²) in [6.07, 6.45) is 4.79. The number of fused-ring (bicyclic) bond motifs is 1. The maximum absolute atomic E-state index is 4.92. The first-order chi connectivity index (χ1) is 7.36. The molecule has 0 saturated carbocycles. The lowest BCUT2D eigenvalue weighted by atomic mass is 10.3. The first kappa shape index (κ1) is 9.92. The van der Waals surface area contributed by atoms with Gasteiger partial charge in [-0.25, -0.2) is 0 Å². The van der Waals surface area contributed by atoms with Crippen LogP contribution < -0.4 is 0 Å². The molecule has 2 heterocycles. The van der Waals surface area contributed by atoms with Crippen molar-refractivity contribution >= 4 is 26.9 Å². The largest absolute Gasteiger partial charge is 0.365 e. The van der Waals surface area contributed by atoms with E-state index in [4.69, 9.17) is 4.52 Å². The van der Waals surface area contributed by atoms with Gasteiger partial charge in [0.1, 0.15) is 6.26 Å². The van der Waals surface area contributed by atoms with Crippen LogP contribution in [-0.2, 0) is 0 Å². The minimum Gasteiger partial charge on any atom is -0.365 e. The van der Waals surface area contributed by atoms with Crippen molar-refractivity contribution in [2.75, 3.05) is 0 Å². The maximum Gasteiger partial charge on any atom is 0.167 e. The third-order valence-electron chi connectivity index (χ3n) is 1.67. The van der Waals surface area contributed by atoms with Crippen molar-refractivity contribution < 1.29 is 9.05 Å². The topological polar surface area (TPSA) is 52.1 Å². The van der Waals surface area contributed by atoms with E-state index in [0.717, 1.165) is 15.4 Å². The van der Waals surface area contributed by atoms with Crippen molar-refractivity contribution in [1.82, 2.24) is 10.3 Å². The average Bonchev–Trinajstić information content (AvgIpc) is 2.91. The van der Waals surface area contributed by atoms with Crippen LogP contribution in [0, 0.1) is 0 Å². The fraction of sp³-hybridized carbons (Fsp3) is 0. The van der Waals surface area contributed by atoms with Crippen LogP contribution in [0.3, 0.4) is 0 Å². The molecule has 2 aromatic heterocycles. The van der Waals surface area contributed by atoms with E-state index in [1.807, 2.05) is 18.2 Å². The van der Waals surface area contributed by atoms with E-state index in [9.17, 15) is 0 Å². The molecule has 0 atom stereocenters. The third-order valence-corrected chi connectivity index (χ3v) is 2.16. The summed E-state index contributed by atoms with van der Waals surface area (Å²) in [6, 6.07) is 7.53. The Hall–Kier alpha value is -1.62. The summed E-state index contributed by atoms with van der Waals surface area (Å²) < 4.78 is 10.3. The number of aromatic nitrogens is 2. The lowest BCUT2D eigenvalue weighted by Gasteiger charge is -1.85. The molecule has 4 nitrogen and oxygen atoms in total. The molecule has 0 aliphatic rings. The monoisotopic (exact) mass is 266 g/mol. The highest BCUT2D eigenvalue weighted by molar-refractivity contribution is 9.10. The number of nitrogens with zero attached hydrogens (tertiary/aromatic N) is 2. The fourth-order valence-electron chi connectivity index (χ4n) is 1.01. The van der Waals surface area contributed by atoms with E-state index >= 15 is 0 Å². The van der Waals surface area contributed by atoms with Crippen LogP contribution in [0.5, 0.6) is 0 Å². The molecule has 0 aliphatic carbocycles. The number of halogens is 1. The minimum atomic E-state index is 0.814. The summed E-state index contributed by atoms with van der Waals surface area (Å²) in [5, 5.41) is 8.02. The molecule has 15 heavy (non-hydrogen) atoms. The van der Waals surface area contributed by atoms with Gasteiger partial charge in [0.25, 0.3) is 0 Å². The van der Waals surface area contributed by atoms with E-state index in [2.05, 4.69) is 30.8 Å². The molecule has 76 valence electrons. The van der Waals surface area contributed by atoms with Crippen LogP contribution in [0.4, 0.5) is 0 Å². The van der Waals surface area contributed by atoms with E-state index < -0.39 is 0 Å². The van der Waals surface area contributed by atoms with Gasteiger partial charge >= 0.3 is 0 Å². The normalized spacial score (nSPS) is 9.67. The molecule has 0 radical (unpaired) electrons. The van der Waals surface area contributed by atoms with E-state index in [1.165, 1.54) is 6.26 Å². The predicted molar refractivity (Wildman–Crippen MR) is 58.2 cm³/mol. The van der Waals surface area contributed by atoms with E-state index in [-0.39, 0.29) is 0 Å². The number of hydrogen-bond acceptors (Lipinski definition) is 4. The standard InChI is InChI=1S/C7H4BrNO.C3H3NO/c8-6-2-1-5-4-9-10-7(5)3-6;1-2-4-5-3-1/h1-4H;1-3H. The average molecular weight is 267 g/mol. The van der Waals surface area contributed by atoms with Crippen LogP contribution in [0.15, 0.2) is 56.4 Å². The van der Waals surface area contributed by atoms with Crippen molar-refractivity contribution in [3.05, 3.63) is 47.4 Å². The van der Waals surface area contributed by atoms with Gasteiger partial charge in [0.05, 0.1) is 12.4 Å². The highest BCUT2D eigenvalue weighted by atomic mass is 79.9.